The number of para-hydroxylation sites is 2. The number of halogens is 2. The van der Waals surface area contributed by atoms with E-state index >= 15 is 0 Å². The zero-order valence-corrected chi connectivity index (χ0v) is 19.0. The van der Waals surface area contributed by atoms with Gasteiger partial charge in [-0.1, -0.05) is 12.1 Å². The second-order valence-corrected chi connectivity index (χ2v) is 8.18. The number of anilines is 4. The van der Waals surface area contributed by atoms with Crippen LogP contribution in [0.25, 0.3) is 0 Å². The van der Waals surface area contributed by atoms with Crippen LogP contribution in [-0.4, -0.2) is 38.0 Å². The fourth-order valence-electron chi connectivity index (χ4n) is 3.97. The summed E-state index contributed by atoms with van der Waals surface area (Å²) in [5.74, 6) is 4.19. The molecule has 0 unspecified atom stereocenters. The predicted molar refractivity (Wildman–Crippen MR) is 132 cm³/mol. The van der Waals surface area contributed by atoms with E-state index in [1.165, 1.54) is 22.0 Å². The lowest BCUT2D eigenvalue weighted by Gasteiger charge is -2.29. The van der Waals surface area contributed by atoms with Gasteiger partial charge in [0.15, 0.2) is 0 Å². The van der Waals surface area contributed by atoms with E-state index in [4.69, 9.17) is 11.6 Å². The number of piperazine rings is 1. The van der Waals surface area contributed by atoms with Gasteiger partial charge in [-0.05, 0) is 54.1 Å². The van der Waals surface area contributed by atoms with Gasteiger partial charge in [0.1, 0.15) is 18.2 Å². The summed E-state index contributed by atoms with van der Waals surface area (Å²) in [6, 6.07) is 16.8. The van der Waals surface area contributed by atoms with Gasteiger partial charge in [-0.2, -0.15) is 0 Å². The maximum atomic E-state index is 13.8. The van der Waals surface area contributed by atoms with Crippen LogP contribution in [0, 0.1) is 11.6 Å². The van der Waals surface area contributed by atoms with Crippen molar-refractivity contribution in [1.82, 2.24) is 5.32 Å². The Morgan fingerprint density at radius 1 is 1.03 bits per heavy atom. The molecule has 1 saturated heterocycles. The quantitative estimate of drug-likeness (QED) is 0.272. The third kappa shape index (κ3) is 5.73. The van der Waals surface area contributed by atoms with Gasteiger partial charge in [0.25, 0.3) is 0 Å². The van der Waals surface area contributed by atoms with Gasteiger partial charge in [0, 0.05) is 30.5 Å². The number of rotatable bonds is 7. The van der Waals surface area contributed by atoms with Crippen molar-refractivity contribution in [3.8, 4) is 0 Å². The van der Waals surface area contributed by atoms with Crippen LogP contribution in [0.3, 0.4) is 0 Å². The van der Waals surface area contributed by atoms with Gasteiger partial charge >= 0.3 is 0 Å². The number of nitrogens with two attached hydrogens (primary N) is 2. The Kier molecular flexibility index (Phi) is 7.23. The summed E-state index contributed by atoms with van der Waals surface area (Å²) in [5.41, 5.74) is 8.32. The SMILES string of the molecule is Nc1ccccc1N(N)CC(=O)N(Cc1cc(F)cc(F)c1)c1ccc(N2CCNCC2=O)cc1. The highest BCUT2D eigenvalue weighted by atomic mass is 19.1. The second-order valence-electron chi connectivity index (χ2n) is 8.18. The molecule has 5 N–H and O–H groups in total. The zero-order chi connectivity index (χ0) is 24.9. The van der Waals surface area contributed by atoms with Crippen molar-refractivity contribution in [2.45, 2.75) is 6.54 Å². The van der Waals surface area contributed by atoms with Crippen molar-refractivity contribution in [1.29, 1.82) is 0 Å². The molecule has 0 aliphatic carbocycles. The van der Waals surface area contributed by atoms with Gasteiger partial charge in [-0.15, -0.1) is 0 Å². The topological polar surface area (TPSA) is 108 Å². The van der Waals surface area contributed by atoms with E-state index < -0.39 is 17.5 Å². The molecule has 2 amide bonds. The molecular weight excluding hydrogens is 454 g/mol. The molecule has 1 heterocycles. The summed E-state index contributed by atoms with van der Waals surface area (Å²) >= 11 is 0. The first kappa shape index (κ1) is 24.1. The Morgan fingerprint density at radius 3 is 2.37 bits per heavy atom. The highest BCUT2D eigenvalue weighted by Gasteiger charge is 2.22. The Labute approximate surface area is 201 Å². The molecule has 1 aliphatic rings. The summed E-state index contributed by atoms with van der Waals surface area (Å²) < 4.78 is 27.7. The lowest BCUT2D eigenvalue weighted by Crippen LogP contribution is -2.48. The van der Waals surface area contributed by atoms with Gasteiger partial charge < -0.3 is 20.9 Å². The zero-order valence-electron chi connectivity index (χ0n) is 19.0. The number of nitrogens with zero attached hydrogens (tertiary/aromatic N) is 3. The number of hydrazine groups is 1. The maximum absolute atomic E-state index is 13.8. The minimum absolute atomic E-state index is 0.0496. The first-order valence-electron chi connectivity index (χ1n) is 11.0. The van der Waals surface area contributed by atoms with Crippen LogP contribution >= 0.6 is 0 Å². The van der Waals surface area contributed by atoms with E-state index in [-0.39, 0.29) is 31.1 Å². The van der Waals surface area contributed by atoms with E-state index in [0.29, 0.717) is 35.8 Å². The van der Waals surface area contributed by atoms with E-state index in [1.54, 1.807) is 53.4 Å². The number of carbonyl (C=O) groups is 2. The minimum Gasteiger partial charge on any atom is -0.397 e. The molecule has 10 heteroatoms. The average Bonchev–Trinajstić information content (AvgIpc) is 2.82. The summed E-state index contributed by atoms with van der Waals surface area (Å²) in [6.07, 6.45) is 0. The summed E-state index contributed by atoms with van der Waals surface area (Å²) in [5, 5.41) is 4.25. The van der Waals surface area contributed by atoms with Crippen LogP contribution in [0.15, 0.2) is 66.7 Å². The molecule has 1 aliphatic heterocycles. The van der Waals surface area contributed by atoms with Crippen LogP contribution < -0.4 is 31.7 Å². The molecule has 182 valence electrons. The summed E-state index contributed by atoms with van der Waals surface area (Å²) in [4.78, 5) is 28.6. The molecule has 0 bridgehead atoms. The number of hydrogen-bond donors (Lipinski definition) is 3. The third-order valence-electron chi connectivity index (χ3n) is 5.68. The van der Waals surface area contributed by atoms with Crippen molar-refractivity contribution in [2.24, 2.45) is 5.84 Å². The van der Waals surface area contributed by atoms with Gasteiger partial charge in [0.05, 0.1) is 24.5 Å². The van der Waals surface area contributed by atoms with Gasteiger partial charge in [-0.3, -0.25) is 14.6 Å². The molecule has 4 rings (SSSR count). The highest BCUT2D eigenvalue weighted by molar-refractivity contribution is 5.98. The summed E-state index contributed by atoms with van der Waals surface area (Å²) in [6.45, 7) is 1.15. The van der Waals surface area contributed by atoms with E-state index in [1.807, 2.05) is 0 Å². The van der Waals surface area contributed by atoms with Crippen molar-refractivity contribution >= 4 is 34.6 Å². The molecule has 0 atom stereocenters. The Morgan fingerprint density at radius 2 is 1.71 bits per heavy atom. The van der Waals surface area contributed by atoms with Crippen LogP contribution in [0.1, 0.15) is 5.56 Å². The second kappa shape index (κ2) is 10.5. The first-order valence-corrected chi connectivity index (χ1v) is 11.0. The van der Waals surface area contributed by atoms with Gasteiger partial charge in [-0.25, -0.2) is 14.6 Å². The van der Waals surface area contributed by atoms with Crippen molar-refractivity contribution in [3.63, 3.8) is 0 Å². The number of hydrogen-bond acceptors (Lipinski definition) is 6. The van der Waals surface area contributed by atoms with Crippen LogP contribution in [-0.2, 0) is 16.1 Å². The van der Waals surface area contributed by atoms with E-state index in [9.17, 15) is 18.4 Å². The van der Waals surface area contributed by atoms with Crippen molar-refractivity contribution in [3.05, 3.63) is 83.9 Å². The first-order chi connectivity index (χ1) is 16.8. The largest absolute Gasteiger partial charge is 0.397 e. The molecular formula is C25H26F2N6O2. The van der Waals surface area contributed by atoms with Crippen molar-refractivity contribution in [2.75, 3.05) is 46.7 Å². The molecule has 0 spiro atoms. The highest BCUT2D eigenvalue weighted by Crippen LogP contribution is 2.25. The molecule has 3 aromatic rings. The number of carbonyl (C=O) groups excluding carboxylic acids is 2. The maximum Gasteiger partial charge on any atom is 0.248 e. The number of nitrogen functional groups attached to an aromatic ring is 1. The minimum atomic E-state index is -0.738. The monoisotopic (exact) mass is 480 g/mol. The van der Waals surface area contributed by atoms with Crippen LogP contribution in [0.4, 0.5) is 31.5 Å². The molecule has 35 heavy (non-hydrogen) atoms. The molecule has 0 saturated carbocycles. The standard InChI is InChI=1S/C25H26F2N6O2/c26-18-11-17(12-19(27)13-18)15-32(25(35)16-33(29)23-4-2-1-3-22(23)28)21-7-5-20(6-8-21)31-10-9-30-14-24(31)34/h1-8,11-13,30H,9-10,14-16,28-29H2. The third-order valence-corrected chi connectivity index (χ3v) is 5.68. The van der Waals surface area contributed by atoms with E-state index in [2.05, 4.69) is 5.32 Å². The summed E-state index contributed by atoms with van der Waals surface area (Å²) in [7, 11) is 0. The van der Waals surface area contributed by atoms with Crippen LogP contribution in [0.5, 0.6) is 0 Å². The lowest BCUT2D eigenvalue weighted by atomic mass is 10.1. The number of amides is 2. The number of nitrogens with one attached hydrogen (secondary N) is 1. The number of benzene rings is 3. The van der Waals surface area contributed by atoms with Gasteiger partial charge in [0.2, 0.25) is 11.8 Å². The van der Waals surface area contributed by atoms with E-state index in [0.717, 1.165) is 6.07 Å². The average molecular weight is 481 g/mol. The van der Waals surface area contributed by atoms with Crippen molar-refractivity contribution < 1.29 is 18.4 Å². The lowest BCUT2D eigenvalue weighted by molar-refractivity contribution is -0.119. The predicted octanol–water partition coefficient (Wildman–Crippen LogP) is 2.40. The molecule has 0 radical (unpaired) electrons. The molecule has 3 aromatic carbocycles. The molecule has 8 nitrogen and oxygen atoms in total. The Bertz CT molecular complexity index is 1200. The van der Waals surface area contributed by atoms with Crippen LogP contribution in [0.2, 0.25) is 0 Å². The Balaban J connectivity index is 1.61. The molecule has 1 fully saturated rings. The fourth-order valence-corrected chi connectivity index (χ4v) is 3.97. The normalized spacial score (nSPS) is 13.6. The Hall–Kier alpha value is -4.02. The fraction of sp³-hybridized carbons (Fsp3) is 0.200. The smallest absolute Gasteiger partial charge is 0.248 e. The molecule has 0 aromatic heterocycles.